The molecule has 0 amide bonds. The maximum absolute atomic E-state index is 11.3. The van der Waals surface area contributed by atoms with E-state index in [1.807, 2.05) is 12.1 Å². The molecule has 2 aromatic rings. The Balaban J connectivity index is 2.56. The van der Waals surface area contributed by atoms with E-state index in [2.05, 4.69) is 26.1 Å². The van der Waals surface area contributed by atoms with Gasteiger partial charge in [0.1, 0.15) is 0 Å². The summed E-state index contributed by atoms with van der Waals surface area (Å²) in [5, 5.41) is 5.35. The summed E-state index contributed by atoms with van der Waals surface area (Å²) < 4.78 is 1.03. The molecule has 0 aliphatic heterocycles. The molecule has 0 fully saturated rings. The second-order valence-corrected chi connectivity index (χ2v) is 5.20. The third-order valence-electron chi connectivity index (χ3n) is 1.90. The van der Waals surface area contributed by atoms with Crippen LogP contribution in [0.15, 0.2) is 20.7 Å². The van der Waals surface area contributed by atoms with Crippen molar-refractivity contribution >= 4 is 27.3 Å². The molecule has 0 atom stereocenters. The van der Waals surface area contributed by atoms with Gasteiger partial charge in [-0.3, -0.25) is 15.0 Å². The number of halogens is 1. The Bertz CT molecular complexity index is 499. The van der Waals surface area contributed by atoms with Crippen molar-refractivity contribution < 1.29 is 0 Å². The lowest BCUT2D eigenvalue weighted by Crippen LogP contribution is -2.10. The highest BCUT2D eigenvalue weighted by Crippen LogP contribution is 2.30. The molecule has 14 heavy (non-hydrogen) atoms. The lowest BCUT2D eigenvalue weighted by Gasteiger charge is -1.94. The monoisotopic (exact) mass is 273 g/mol. The van der Waals surface area contributed by atoms with E-state index in [0.717, 1.165) is 14.4 Å². The van der Waals surface area contributed by atoms with Crippen LogP contribution in [-0.4, -0.2) is 10.2 Å². The molecule has 0 aliphatic rings. The van der Waals surface area contributed by atoms with Crippen LogP contribution < -0.4 is 11.3 Å². The lowest BCUT2D eigenvalue weighted by atomic mass is 10.2. The third kappa shape index (κ3) is 1.56. The molecule has 0 saturated carbocycles. The third-order valence-corrected chi connectivity index (χ3v) is 3.54. The van der Waals surface area contributed by atoms with Crippen molar-refractivity contribution in [2.45, 2.75) is 6.54 Å². The van der Waals surface area contributed by atoms with Gasteiger partial charge < -0.3 is 5.73 Å². The molecule has 6 heteroatoms. The summed E-state index contributed by atoms with van der Waals surface area (Å²) in [5.41, 5.74) is 6.73. The molecule has 0 aromatic carbocycles. The van der Waals surface area contributed by atoms with Gasteiger partial charge in [-0.1, -0.05) is 0 Å². The zero-order valence-electron chi connectivity index (χ0n) is 7.13. The van der Waals surface area contributed by atoms with Gasteiger partial charge >= 0.3 is 0 Å². The normalized spacial score (nSPS) is 10.7. The Hall–Kier alpha value is -0.850. The van der Waals surface area contributed by atoms with E-state index in [-0.39, 0.29) is 12.1 Å². The second kappa shape index (κ2) is 3.72. The summed E-state index contributed by atoms with van der Waals surface area (Å²) in [7, 11) is 0. The molecule has 0 spiro atoms. The van der Waals surface area contributed by atoms with Crippen LogP contribution in [0, 0.1) is 0 Å². The predicted octanol–water partition coefficient (Wildman–Crippen LogP) is 1.65. The Morgan fingerprint density at radius 3 is 2.79 bits per heavy atom. The van der Waals surface area contributed by atoms with Gasteiger partial charge in [-0.05, 0) is 28.1 Å². The highest BCUT2D eigenvalue weighted by Gasteiger charge is 2.11. The van der Waals surface area contributed by atoms with Crippen molar-refractivity contribution in [3.63, 3.8) is 0 Å². The molecule has 0 saturated heterocycles. The van der Waals surface area contributed by atoms with E-state index in [1.165, 1.54) is 0 Å². The van der Waals surface area contributed by atoms with Crippen LogP contribution in [0.3, 0.4) is 0 Å². The van der Waals surface area contributed by atoms with Gasteiger partial charge in [0.05, 0.1) is 19.9 Å². The first kappa shape index (κ1) is 9.70. The SMILES string of the molecule is NCc1c(-c2ccc(Br)s2)[nH][nH]c1=O. The molecule has 2 heterocycles. The standard InChI is InChI=1S/C8H8BrN3OS/c9-6-2-1-5(14-6)7-4(3-10)8(13)12-11-7/h1-2H,3,10H2,(H2,11,12,13). The molecule has 2 rings (SSSR count). The van der Waals surface area contributed by atoms with E-state index in [0.29, 0.717) is 5.56 Å². The average Bonchev–Trinajstić information content (AvgIpc) is 2.71. The Labute approximate surface area is 92.3 Å². The molecule has 4 nitrogen and oxygen atoms in total. The minimum Gasteiger partial charge on any atom is -0.326 e. The van der Waals surface area contributed by atoms with Crippen LogP contribution in [0.2, 0.25) is 0 Å². The van der Waals surface area contributed by atoms with Crippen molar-refractivity contribution in [2.75, 3.05) is 0 Å². The summed E-state index contributed by atoms with van der Waals surface area (Å²) in [6.45, 7) is 0.240. The first-order valence-electron chi connectivity index (χ1n) is 3.97. The van der Waals surface area contributed by atoms with Crippen LogP contribution in [0.1, 0.15) is 5.56 Å². The van der Waals surface area contributed by atoms with Crippen LogP contribution in [0.5, 0.6) is 0 Å². The summed E-state index contributed by atoms with van der Waals surface area (Å²) in [4.78, 5) is 12.3. The molecule has 0 bridgehead atoms. The minimum atomic E-state index is -0.146. The van der Waals surface area contributed by atoms with E-state index < -0.39 is 0 Å². The molecule has 0 radical (unpaired) electrons. The van der Waals surface area contributed by atoms with Gasteiger partial charge in [0, 0.05) is 6.54 Å². The molecule has 0 aliphatic carbocycles. The summed E-state index contributed by atoms with van der Waals surface area (Å²) >= 11 is 4.92. The van der Waals surface area contributed by atoms with Gasteiger partial charge in [-0.15, -0.1) is 11.3 Å². The van der Waals surface area contributed by atoms with Gasteiger partial charge in [0.25, 0.3) is 5.56 Å². The van der Waals surface area contributed by atoms with E-state index in [1.54, 1.807) is 11.3 Å². The summed E-state index contributed by atoms with van der Waals surface area (Å²) in [5.74, 6) is 0. The fraction of sp³-hybridized carbons (Fsp3) is 0.125. The summed E-state index contributed by atoms with van der Waals surface area (Å²) in [6, 6.07) is 3.87. The van der Waals surface area contributed by atoms with Gasteiger partial charge in [0.2, 0.25) is 0 Å². The second-order valence-electron chi connectivity index (χ2n) is 2.74. The van der Waals surface area contributed by atoms with Crippen molar-refractivity contribution in [3.8, 4) is 10.6 Å². The molecule has 2 aromatic heterocycles. The molecule has 74 valence electrons. The Morgan fingerprint density at radius 1 is 1.43 bits per heavy atom. The average molecular weight is 274 g/mol. The number of aromatic nitrogens is 2. The quantitative estimate of drug-likeness (QED) is 0.779. The first-order chi connectivity index (χ1) is 6.72. The fourth-order valence-corrected chi connectivity index (χ4v) is 2.65. The predicted molar refractivity (Wildman–Crippen MR) is 60.3 cm³/mol. The molecular weight excluding hydrogens is 266 g/mol. The van der Waals surface area contributed by atoms with Gasteiger partial charge in [-0.25, -0.2) is 0 Å². The Kier molecular flexibility index (Phi) is 2.58. The number of rotatable bonds is 2. The fourth-order valence-electron chi connectivity index (χ4n) is 1.24. The number of nitrogens with one attached hydrogen (secondary N) is 2. The number of aromatic amines is 2. The zero-order valence-corrected chi connectivity index (χ0v) is 9.54. The maximum Gasteiger partial charge on any atom is 0.269 e. The van der Waals surface area contributed by atoms with Crippen LogP contribution in [0.25, 0.3) is 10.6 Å². The smallest absolute Gasteiger partial charge is 0.269 e. The van der Waals surface area contributed by atoms with Crippen LogP contribution in [-0.2, 0) is 6.54 Å². The van der Waals surface area contributed by atoms with E-state index in [9.17, 15) is 4.79 Å². The molecule has 0 unspecified atom stereocenters. The van der Waals surface area contributed by atoms with Crippen molar-refractivity contribution in [1.82, 2.24) is 10.2 Å². The highest BCUT2D eigenvalue weighted by atomic mass is 79.9. The highest BCUT2D eigenvalue weighted by molar-refractivity contribution is 9.11. The maximum atomic E-state index is 11.3. The first-order valence-corrected chi connectivity index (χ1v) is 5.58. The van der Waals surface area contributed by atoms with E-state index in [4.69, 9.17) is 5.73 Å². The number of thiophene rings is 1. The van der Waals surface area contributed by atoms with Crippen molar-refractivity contribution in [2.24, 2.45) is 5.73 Å². The van der Waals surface area contributed by atoms with Gasteiger partial charge in [-0.2, -0.15) is 0 Å². The molecular formula is C8H8BrN3OS. The topological polar surface area (TPSA) is 74.7 Å². The van der Waals surface area contributed by atoms with E-state index >= 15 is 0 Å². The van der Waals surface area contributed by atoms with Crippen molar-refractivity contribution in [1.29, 1.82) is 0 Å². The minimum absolute atomic E-state index is 0.146. The Morgan fingerprint density at radius 2 is 2.21 bits per heavy atom. The number of H-pyrrole nitrogens is 2. The lowest BCUT2D eigenvalue weighted by molar-refractivity contribution is 1.04. The number of nitrogens with two attached hydrogens (primary N) is 1. The zero-order chi connectivity index (χ0) is 10.1. The molecule has 4 N–H and O–H groups in total. The largest absolute Gasteiger partial charge is 0.326 e. The summed E-state index contributed by atoms with van der Waals surface area (Å²) in [6.07, 6.45) is 0. The van der Waals surface area contributed by atoms with Crippen LogP contribution >= 0.6 is 27.3 Å². The number of hydrogen-bond acceptors (Lipinski definition) is 3. The van der Waals surface area contributed by atoms with Crippen LogP contribution in [0.4, 0.5) is 0 Å². The number of hydrogen-bond donors (Lipinski definition) is 3. The van der Waals surface area contributed by atoms with Gasteiger partial charge in [0.15, 0.2) is 0 Å². The van der Waals surface area contributed by atoms with Crippen molar-refractivity contribution in [3.05, 3.63) is 31.8 Å².